The predicted octanol–water partition coefficient (Wildman–Crippen LogP) is 2.23. The predicted molar refractivity (Wildman–Crippen MR) is 94.2 cm³/mol. The lowest BCUT2D eigenvalue weighted by molar-refractivity contribution is -0.131. The highest BCUT2D eigenvalue weighted by atomic mass is 16.2. The van der Waals surface area contributed by atoms with Gasteiger partial charge in [-0.3, -0.25) is 9.69 Å². The van der Waals surface area contributed by atoms with Gasteiger partial charge in [-0.2, -0.15) is 15.0 Å². The summed E-state index contributed by atoms with van der Waals surface area (Å²) in [6.07, 6.45) is 1.56. The number of hydrogen-bond acceptors (Lipinski definition) is 4. The fraction of sp³-hybridized carbons (Fsp3) is 0.158. The molecule has 1 fully saturated rings. The smallest absolute Gasteiger partial charge is 0.319 e. The van der Waals surface area contributed by atoms with Crippen LogP contribution in [0.3, 0.4) is 0 Å². The number of benzene rings is 2. The monoisotopic (exact) mass is 347 g/mol. The van der Waals surface area contributed by atoms with Crippen LogP contribution in [0.1, 0.15) is 18.2 Å². The first-order valence-corrected chi connectivity index (χ1v) is 8.24. The molecule has 130 valence electrons. The number of carbonyl (C=O) groups is 2. The number of nitrogens with zero attached hydrogens (tertiary/aromatic N) is 4. The molecule has 1 aromatic heterocycles. The topological polar surface area (TPSA) is 80.1 Å². The first kappa shape index (κ1) is 16.0. The molecule has 2 aromatic carbocycles. The lowest BCUT2D eigenvalue weighted by Crippen LogP contribution is -2.40. The molecule has 7 nitrogen and oxygen atoms in total. The molecule has 0 saturated carbocycles. The zero-order valence-electron chi connectivity index (χ0n) is 14.2. The fourth-order valence-corrected chi connectivity index (χ4v) is 3.02. The van der Waals surface area contributed by atoms with Crippen LogP contribution in [0.2, 0.25) is 0 Å². The molecule has 0 bridgehead atoms. The van der Waals surface area contributed by atoms with Crippen molar-refractivity contribution in [3.8, 4) is 5.69 Å². The molecular formula is C19H17N5O2. The van der Waals surface area contributed by atoms with Crippen molar-refractivity contribution in [3.63, 3.8) is 0 Å². The number of para-hydroxylation sites is 1. The quantitative estimate of drug-likeness (QED) is 0.734. The van der Waals surface area contributed by atoms with Crippen LogP contribution in [0.15, 0.2) is 66.9 Å². The summed E-state index contributed by atoms with van der Waals surface area (Å²) in [5.74, 6) is -0.303. The van der Waals surface area contributed by atoms with Crippen molar-refractivity contribution in [2.45, 2.75) is 19.0 Å². The molecule has 1 aliphatic rings. The van der Waals surface area contributed by atoms with Gasteiger partial charge in [0.15, 0.2) is 0 Å². The van der Waals surface area contributed by atoms with Crippen molar-refractivity contribution < 1.29 is 9.59 Å². The van der Waals surface area contributed by atoms with Crippen LogP contribution >= 0.6 is 0 Å². The van der Waals surface area contributed by atoms with Crippen molar-refractivity contribution in [1.29, 1.82) is 0 Å². The van der Waals surface area contributed by atoms with Gasteiger partial charge in [0, 0.05) is 0 Å². The summed E-state index contributed by atoms with van der Waals surface area (Å²) < 4.78 is 0. The van der Waals surface area contributed by atoms with Gasteiger partial charge in [-0.15, -0.1) is 0 Å². The molecule has 1 N–H and O–H groups in total. The van der Waals surface area contributed by atoms with Gasteiger partial charge in [-0.05, 0) is 24.6 Å². The Morgan fingerprint density at radius 1 is 1.00 bits per heavy atom. The molecule has 2 heterocycles. The number of carbonyl (C=O) groups excluding carboxylic acids is 2. The Kier molecular flexibility index (Phi) is 3.76. The van der Waals surface area contributed by atoms with E-state index in [1.807, 2.05) is 60.7 Å². The molecule has 26 heavy (non-hydrogen) atoms. The van der Waals surface area contributed by atoms with Crippen LogP contribution in [-0.2, 0) is 16.9 Å². The number of rotatable bonds is 4. The SMILES string of the molecule is CC1(c2ccccc2)NC(=O)N(Cc2cnn(-c3ccccc3)n2)C1=O. The van der Waals surface area contributed by atoms with Crippen molar-refractivity contribution in [1.82, 2.24) is 25.2 Å². The Labute approximate surface area is 150 Å². The normalized spacial score (nSPS) is 19.7. The largest absolute Gasteiger partial charge is 0.325 e. The van der Waals surface area contributed by atoms with E-state index in [2.05, 4.69) is 15.5 Å². The van der Waals surface area contributed by atoms with Crippen LogP contribution in [-0.4, -0.2) is 31.8 Å². The zero-order chi connectivity index (χ0) is 18.1. The van der Waals surface area contributed by atoms with Gasteiger partial charge < -0.3 is 5.32 Å². The van der Waals surface area contributed by atoms with Crippen LogP contribution in [0.5, 0.6) is 0 Å². The third-order valence-corrected chi connectivity index (χ3v) is 4.47. The van der Waals surface area contributed by atoms with E-state index >= 15 is 0 Å². The highest BCUT2D eigenvalue weighted by Gasteiger charge is 2.49. The molecule has 3 amide bonds. The van der Waals surface area contributed by atoms with Crippen molar-refractivity contribution in [3.05, 3.63) is 78.1 Å². The van der Waals surface area contributed by atoms with Gasteiger partial charge in [-0.25, -0.2) is 4.79 Å². The van der Waals surface area contributed by atoms with E-state index in [4.69, 9.17) is 0 Å². The number of amides is 3. The Balaban J connectivity index is 1.57. The second-order valence-electron chi connectivity index (χ2n) is 6.27. The molecule has 4 rings (SSSR count). The van der Waals surface area contributed by atoms with Gasteiger partial charge >= 0.3 is 6.03 Å². The second-order valence-corrected chi connectivity index (χ2v) is 6.27. The minimum atomic E-state index is -1.08. The maximum atomic E-state index is 12.9. The highest BCUT2D eigenvalue weighted by Crippen LogP contribution is 2.29. The summed E-state index contributed by atoms with van der Waals surface area (Å²) in [6, 6.07) is 18.2. The summed E-state index contributed by atoms with van der Waals surface area (Å²) in [6.45, 7) is 1.78. The Bertz CT molecular complexity index is 954. The zero-order valence-corrected chi connectivity index (χ0v) is 14.2. The average molecular weight is 347 g/mol. The molecule has 7 heteroatoms. The maximum Gasteiger partial charge on any atom is 0.325 e. The van der Waals surface area contributed by atoms with Crippen LogP contribution in [0.25, 0.3) is 5.69 Å². The maximum absolute atomic E-state index is 12.9. The average Bonchev–Trinajstić information content (AvgIpc) is 3.23. The van der Waals surface area contributed by atoms with E-state index in [1.54, 1.807) is 13.1 Å². The Morgan fingerprint density at radius 2 is 1.65 bits per heavy atom. The van der Waals surface area contributed by atoms with Crippen LogP contribution in [0.4, 0.5) is 4.79 Å². The molecular weight excluding hydrogens is 330 g/mol. The summed E-state index contributed by atoms with van der Waals surface area (Å²) in [5, 5.41) is 11.4. The summed E-state index contributed by atoms with van der Waals surface area (Å²) in [7, 11) is 0. The molecule has 0 spiro atoms. The second kappa shape index (κ2) is 6.11. The molecule has 1 aliphatic heterocycles. The third-order valence-electron chi connectivity index (χ3n) is 4.47. The van der Waals surface area contributed by atoms with E-state index in [1.165, 1.54) is 9.70 Å². The molecule has 1 saturated heterocycles. The number of imide groups is 1. The third kappa shape index (κ3) is 2.63. The van der Waals surface area contributed by atoms with E-state index in [0.717, 1.165) is 11.3 Å². The van der Waals surface area contributed by atoms with Crippen LogP contribution in [0, 0.1) is 0 Å². The van der Waals surface area contributed by atoms with Crippen molar-refractivity contribution >= 4 is 11.9 Å². The summed E-state index contributed by atoms with van der Waals surface area (Å²) >= 11 is 0. The van der Waals surface area contributed by atoms with E-state index in [-0.39, 0.29) is 12.5 Å². The standard InChI is InChI=1S/C19H17N5O2/c1-19(14-8-4-2-5-9-14)17(25)23(18(26)21-19)13-15-12-20-24(22-15)16-10-6-3-7-11-16/h2-12H,13H2,1H3,(H,21,26). The molecule has 1 atom stereocenters. The molecule has 1 unspecified atom stereocenters. The minimum Gasteiger partial charge on any atom is -0.319 e. The Morgan fingerprint density at radius 3 is 2.35 bits per heavy atom. The van der Waals surface area contributed by atoms with E-state index < -0.39 is 11.6 Å². The number of hydrogen-bond donors (Lipinski definition) is 1. The molecule has 0 radical (unpaired) electrons. The lowest BCUT2D eigenvalue weighted by Gasteiger charge is -2.21. The highest BCUT2D eigenvalue weighted by molar-refractivity contribution is 6.07. The summed E-state index contributed by atoms with van der Waals surface area (Å²) in [5.41, 5.74) is 1.02. The van der Waals surface area contributed by atoms with Gasteiger partial charge in [0.25, 0.3) is 5.91 Å². The van der Waals surface area contributed by atoms with Gasteiger partial charge in [-0.1, -0.05) is 48.5 Å². The summed E-state index contributed by atoms with van der Waals surface area (Å²) in [4.78, 5) is 27.9. The fourth-order valence-electron chi connectivity index (χ4n) is 3.02. The van der Waals surface area contributed by atoms with Crippen LogP contribution < -0.4 is 5.32 Å². The first-order valence-electron chi connectivity index (χ1n) is 8.24. The van der Waals surface area contributed by atoms with Crippen molar-refractivity contribution in [2.75, 3.05) is 0 Å². The van der Waals surface area contributed by atoms with Gasteiger partial charge in [0.1, 0.15) is 11.2 Å². The molecule has 3 aromatic rings. The number of urea groups is 1. The minimum absolute atomic E-state index is 0.0694. The number of nitrogens with one attached hydrogen (secondary N) is 1. The van der Waals surface area contributed by atoms with Gasteiger partial charge in [0.2, 0.25) is 0 Å². The van der Waals surface area contributed by atoms with Gasteiger partial charge in [0.05, 0.1) is 18.4 Å². The Hall–Kier alpha value is -3.48. The van der Waals surface area contributed by atoms with E-state index in [9.17, 15) is 9.59 Å². The number of aromatic nitrogens is 3. The van der Waals surface area contributed by atoms with E-state index in [0.29, 0.717) is 5.69 Å². The molecule has 0 aliphatic carbocycles. The first-order chi connectivity index (χ1) is 12.6. The van der Waals surface area contributed by atoms with Crippen molar-refractivity contribution in [2.24, 2.45) is 0 Å². The lowest BCUT2D eigenvalue weighted by atomic mass is 9.92.